The third-order valence-corrected chi connectivity index (χ3v) is 4.54. The van der Waals surface area contributed by atoms with Crippen molar-refractivity contribution in [1.29, 1.82) is 0 Å². The molecule has 1 N–H and O–H groups in total. The maximum absolute atomic E-state index is 13.9. The Balaban J connectivity index is 1.92. The van der Waals surface area contributed by atoms with E-state index >= 15 is 0 Å². The van der Waals surface area contributed by atoms with Gasteiger partial charge >= 0.3 is 0 Å². The highest BCUT2D eigenvalue weighted by Gasteiger charge is 2.26. The van der Waals surface area contributed by atoms with Crippen molar-refractivity contribution < 1.29 is 14.2 Å². The predicted molar refractivity (Wildman–Crippen MR) is 81.9 cm³/mol. The van der Waals surface area contributed by atoms with Gasteiger partial charge in [0, 0.05) is 13.1 Å². The van der Waals surface area contributed by atoms with Gasteiger partial charge in [-0.15, -0.1) is 0 Å². The van der Waals surface area contributed by atoms with Crippen molar-refractivity contribution in [2.45, 2.75) is 32.8 Å². The topological polar surface area (TPSA) is 32.7 Å². The number of hydrogen-bond acceptors (Lipinski definition) is 3. The third kappa shape index (κ3) is 3.95. The van der Waals surface area contributed by atoms with E-state index in [9.17, 15) is 9.50 Å². The fourth-order valence-corrected chi connectivity index (χ4v) is 3.08. The molecule has 1 aliphatic heterocycles. The summed E-state index contributed by atoms with van der Waals surface area (Å²) in [5.74, 6) is 1.46. The van der Waals surface area contributed by atoms with E-state index in [-0.39, 0.29) is 5.56 Å². The van der Waals surface area contributed by atoms with E-state index < -0.39 is 11.9 Å². The number of ether oxygens (including phenoxy) is 1. The number of hydrogen-bond donors (Lipinski definition) is 1. The Hall–Kier alpha value is -1.13. The molecule has 2 rings (SSSR count). The number of nitrogens with zero attached hydrogens (tertiary/aromatic N) is 1. The van der Waals surface area contributed by atoms with Crippen LogP contribution >= 0.6 is 0 Å². The Morgan fingerprint density at radius 1 is 1.43 bits per heavy atom. The first kappa shape index (κ1) is 16.2. The minimum Gasteiger partial charge on any atom is -0.496 e. The minimum atomic E-state index is -0.820. The van der Waals surface area contributed by atoms with Gasteiger partial charge in [0.05, 0.1) is 18.8 Å². The number of rotatable bonds is 6. The average molecular weight is 295 g/mol. The number of halogens is 1. The van der Waals surface area contributed by atoms with Crippen LogP contribution in [0, 0.1) is 17.7 Å². The highest BCUT2D eigenvalue weighted by atomic mass is 19.1. The van der Waals surface area contributed by atoms with Gasteiger partial charge in [-0.1, -0.05) is 19.9 Å². The minimum absolute atomic E-state index is 0.277. The fourth-order valence-electron chi connectivity index (χ4n) is 3.08. The lowest BCUT2D eigenvalue weighted by atomic mass is 9.95. The molecule has 118 valence electrons. The van der Waals surface area contributed by atoms with Crippen LogP contribution in [0.5, 0.6) is 5.75 Å². The maximum atomic E-state index is 13.9. The number of methoxy groups -OCH3 is 1. The smallest absolute Gasteiger partial charge is 0.132 e. The van der Waals surface area contributed by atoms with E-state index in [4.69, 9.17) is 4.74 Å². The molecule has 1 aromatic carbocycles. The van der Waals surface area contributed by atoms with Gasteiger partial charge in [0.15, 0.2) is 0 Å². The molecule has 0 radical (unpaired) electrons. The second-order valence-electron chi connectivity index (χ2n) is 6.25. The summed E-state index contributed by atoms with van der Waals surface area (Å²) in [6, 6.07) is 4.65. The van der Waals surface area contributed by atoms with E-state index in [2.05, 4.69) is 18.7 Å². The first-order valence-electron chi connectivity index (χ1n) is 7.75. The number of aliphatic hydroxyl groups is 1. The molecule has 0 aliphatic carbocycles. The molecule has 3 nitrogen and oxygen atoms in total. The average Bonchev–Trinajstić information content (AvgIpc) is 2.93. The van der Waals surface area contributed by atoms with Crippen molar-refractivity contribution in [2.24, 2.45) is 11.8 Å². The van der Waals surface area contributed by atoms with E-state index in [0.717, 1.165) is 25.6 Å². The van der Waals surface area contributed by atoms with Gasteiger partial charge in [-0.2, -0.15) is 0 Å². The van der Waals surface area contributed by atoms with Crippen LogP contribution in [0.15, 0.2) is 18.2 Å². The molecule has 0 bridgehead atoms. The zero-order chi connectivity index (χ0) is 15.4. The Morgan fingerprint density at radius 3 is 2.81 bits per heavy atom. The molecule has 1 aromatic rings. The second-order valence-corrected chi connectivity index (χ2v) is 6.25. The van der Waals surface area contributed by atoms with Crippen molar-refractivity contribution in [3.63, 3.8) is 0 Å². The third-order valence-electron chi connectivity index (χ3n) is 4.54. The van der Waals surface area contributed by atoms with Crippen molar-refractivity contribution in [3.8, 4) is 5.75 Å². The summed E-state index contributed by atoms with van der Waals surface area (Å²) in [4.78, 5) is 2.36. The predicted octanol–water partition coefficient (Wildman–Crippen LogP) is 3.24. The van der Waals surface area contributed by atoms with Crippen LogP contribution in [-0.4, -0.2) is 36.8 Å². The summed E-state index contributed by atoms with van der Waals surface area (Å²) in [5.41, 5.74) is 0.277. The molecule has 0 spiro atoms. The zero-order valence-corrected chi connectivity index (χ0v) is 13.2. The second kappa shape index (κ2) is 7.23. The van der Waals surface area contributed by atoms with Crippen LogP contribution in [0.25, 0.3) is 0 Å². The number of aliphatic hydroxyl groups excluding tert-OH is 1. The first-order valence-corrected chi connectivity index (χ1v) is 7.75. The summed E-state index contributed by atoms with van der Waals surface area (Å²) in [6.07, 6.45) is 0.929. The maximum Gasteiger partial charge on any atom is 0.132 e. The lowest BCUT2D eigenvalue weighted by Gasteiger charge is -2.21. The molecular weight excluding hydrogens is 269 g/mol. The SMILES string of the molecule is COc1cccc(F)c1C(O)CCN1CCC(C(C)C)C1. The van der Waals surface area contributed by atoms with E-state index in [0.29, 0.717) is 18.1 Å². The summed E-state index contributed by atoms with van der Waals surface area (Å²) < 4.78 is 19.1. The van der Waals surface area contributed by atoms with Crippen LogP contribution in [0.3, 0.4) is 0 Å². The van der Waals surface area contributed by atoms with Crippen molar-refractivity contribution >= 4 is 0 Å². The Morgan fingerprint density at radius 2 is 2.19 bits per heavy atom. The summed E-state index contributed by atoms with van der Waals surface area (Å²) in [6.45, 7) is 7.46. The van der Waals surface area contributed by atoms with Crippen LogP contribution in [0.1, 0.15) is 38.4 Å². The lowest BCUT2D eigenvalue weighted by molar-refractivity contribution is 0.140. The fraction of sp³-hybridized carbons (Fsp3) is 0.647. The lowest BCUT2D eigenvalue weighted by Crippen LogP contribution is -2.24. The molecule has 0 saturated carbocycles. The number of likely N-dealkylation sites (tertiary alicyclic amines) is 1. The van der Waals surface area contributed by atoms with Crippen LogP contribution in [0.4, 0.5) is 4.39 Å². The van der Waals surface area contributed by atoms with Crippen LogP contribution < -0.4 is 4.74 Å². The van der Waals surface area contributed by atoms with Gasteiger partial charge < -0.3 is 14.7 Å². The van der Waals surface area contributed by atoms with E-state index in [1.54, 1.807) is 12.1 Å². The van der Waals surface area contributed by atoms with Crippen LogP contribution in [-0.2, 0) is 0 Å². The molecule has 2 unspecified atom stereocenters. The molecule has 4 heteroatoms. The molecule has 21 heavy (non-hydrogen) atoms. The quantitative estimate of drug-likeness (QED) is 0.874. The Bertz CT molecular complexity index is 464. The highest BCUT2D eigenvalue weighted by molar-refractivity contribution is 5.36. The standard InChI is InChI=1S/C17H26FNO2/c1-12(2)13-7-9-19(11-13)10-8-15(20)17-14(18)5-4-6-16(17)21-3/h4-6,12-13,15,20H,7-11H2,1-3H3. The van der Waals surface area contributed by atoms with Crippen LogP contribution in [0.2, 0.25) is 0 Å². The molecule has 0 aromatic heterocycles. The monoisotopic (exact) mass is 295 g/mol. The molecule has 1 saturated heterocycles. The zero-order valence-electron chi connectivity index (χ0n) is 13.2. The van der Waals surface area contributed by atoms with Gasteiger partial charge in [0.25, 0.3) is 0 Å². The summed E-state index contributed by atoms with van der Waals surface area (Å²) >= 11 is 0. The van der Waals surface area contributed by atoms with Crippen molar-refractivity contribution in [2.75, 3.05) is 26.7 Å². The molecule has 2 atom stereocenters. The largest absolute Gasteiger partial charge is 0.496 e. The molecule has 0 amide bonds. The van der Waals surface area contributed by atoms with E-state index in [1.165, 1.54) is 19.6 Å². The normalized spacial score (nSPS) is 21.0. The van der Waals surface area contributed by atoms with Crippen molar-refractivity contribution in [3.05, 3.63) is 29.6 Å². The highest BCUT2D eigenvalue weighted by Crippen LogP contribution is 2.31. The van der Waals surface area contributed by atoms with Gasteiger partial charge in [0.1, 0.15) is 11.6 Å². The van der Waals surface area contributed by atoms with Gasteiger partial charge in [-0.05, 0) is 43.4 Å². The summed E-state index contributed by atoms with van der Waals surface area (Å²) in [7, 11) is 1.50. The van der Waals surface area contributed by atoms with Gasteiger partial charge in [-0.3, -0.25) is 0 Å². The molecule has 1 fully saturated rings. The van der Waals surface area contributed by atoms with Crippen molar-refractivity contribution in [1.82, 2.24) is 4.90 Å². The van der Waals surface area contributed by atoms with Gasteiger partial charge in [0.2, 0.25) is 0 Å². The number of benzene rings is 1. The molecular formula is C17H26FNO2. The van der Waals surface area contributed by atoms with Gasteiger partial charge in [-0.25, -0.2) is 4.39 Å². The molecule has 1 heterocycles. The molecule has 1 aliphatic rings. The Kier molecular flexibility index (Phi) is 5.59. The first-order chi connectivity index (χ1) is 10.0. The Labute approximate surface area is 126 Å². The summed E-state index contributed by atoms with van der Waals surface area (Å²) in [5, 5.41) is 10.3. The van der Waals surface area contributed by atoms with E-state index in [1.807, 2.05) is 0 Å².